The molecule has 0 unspecified atom stereocenters. The highest BCUT2D eigenvalue weighted by Crippen LogP contribution is 2.51. The van der Waals surface area contributed by atoms with Gasteiger partial charge in [0, 0.05) is 0 Å². The first-order chi connectivity index (χ1) is 7.47. The van der Waals surface area contributed by atoms with E-state index in [9.17, 15) is 4.57 Å². The molecule has 4 nitrogen and oxygen atoms in total. The summed E-state index contributed by atoms with van der Waals surface area (Å²) < 4.78 is 26.2. The van der Waals surface area contributed by atoms with E-state index < -0.39 is 7.75 Å². The smallest absolute Gasteiger partial charge is 0.290 e. The zero-order valence-corrected chi connectivity index (χ0v) is 13.2. The molecule has 0 atom stereocenters. The number of rotatable bonds is 5. The molecule has 0 aromatic heterocycles. The Kier molecular flexibility index (Phi) is 6.20. The van der Waals surface area contributed by atoms with E-state index in [1.54, 1.807) is 0 Å². The summed E-state index contributed by atoms with van der Waals surface area (Å²) in [5, 5.41) is 2.08. The van der Waals surface area contributed by atoms with Crippen LogP contribution in [0.25, 0.3) is 0 Å². The Bertz CT molecular complexity index is 316. The lowest BCUT2D eigenvalue weighted by atomic mass is 9.99. The molecule has 0 heterocycles. The van der Waals surface area contributed by atoms with Crippen LogP contribution in [0.15, 0.2) is 4.76 Å². The molecule has 0 saturated carbocycles. The summed E-state index contributed by atoms with van der Waals surface area (Å²) >= 11 is 4.47. The maximum absolute atomic E-state index is 12.2. The summed E-state index contributed by atoms with van der Waals surface area (Å²) in [6.45, 7) is 12.4. The van der Waals surface area contributed by atoms with Gasteiger partial charge in [0.15, 0.2) is 0 Å². The third kappa shape index (κ3) is 9.63. The molecular weight excluding hydrogens is 257 g/mol. The molecule has 0 aliphatic carbocycles. The number of nitrogens with zero attached hydrogens (tertiary/aromatic N) is 1. The zero-order chi connectivity index (χ0) is 13.7. The Morgan fingerprint density at radius 2 is 1.41 bits per heavy atom. The standard InChI is InChI=1S/C11H22NO3PS/c1-10(2,3)7-14-16(13,12-9-17)15-8-11(4,5)6/h7-8H2,1-6H3. The third-order valence-corrected chi connectivity index (χ3v) is 2.97. The average Bonchev–Trinajstić information content (AvgIpc) is 2.11. The lowest BCUT2D eigenvalue weighted by Gasteiger charge is -2.23. The van der Waals surface area contributed by atoms with Crippen LogP contribution < -0.4 is 0 Å². The van der Waals surface area contributed by atoms with E-state index >= 15 is 0 Å². The van der Waals surface area contributed by atoms with E-state index in [4.69, 9.17) is 9.05 Å². The van der Waals surface area contributed by atoms with Crippen LogP contribution >= 0.6 is 20.0 Å². The summed E-state index contributed by atoms with van der Waals surface area (Å²) in [5.41, 5.74) is -0.227. The largest absolute Gasteiger partial charge is 0.462 e. The number of thiocarbonyl (C=S) groups is 1. The number of hydrogen-bond acceptors (Lipinski definition) is 4. The van der Waals surface area contributed by atoms with Crippen molar-refractivity contribution in [1.29, 1.82) is 0 Å². The molecule has 0 radical (unpaired) electrons. The van der Waals surface area contributed by atoms with Crippen molar-refractivity contribution >= 4 is 25.1 Å². The fourth-order valence-electron chi connectivity index (χ4n) is 0.695. The van der Waals surface area contributed by atoms with Gasteiger partial charge < -0.3 is 0 Å². The van der Waals surface area contributed by atoms with Crippen LogP contribution in [0.5, 0.6) is 0 Å². The van der Waals surface area contributed by atoms with Crippen LogP contribution in [0, 0.1) is 10.8 Å². The molecule has 0 aliphatic rings. The van der Waals surface area contributed by atoms with Gasteiger partial charge in [-0.3, -0.25) is 9.05 Å². The Labute approximate surface area is 109 Å². The first kappa shape index (κ1) is 16.9. The van der Waals surface area contributed by atoms with Crippen molar-refractivity contribution in [3.8, 4) is 0 Å². The average molecular weight is 279 g/mol. The van der Waals surface area contributed by atoms with E-state index in [-0.39, 0.29) is 24.0 Å². The van der Waals surface area contributed by atoms with Crippen LogP contribution in [0.1, 0.15) is 41.5 Å². The fraction of sp³-hybridized carbons (Fsp3) is 0.909. The van der Waals surface area contributed by atoms with Crippen molar-refractivity contribution in [2.45, 2.75) is 41.5 Å². The van der Waals surface area contributed by atoms with E-state index in [0.717, 1.165) is 0 Å². The van der Waals surface area contributed by atoms with Gasteiger partial charge in [0.05, 0.1) is 18.4 Å². The molecule has 0 spiro atoms. The molecule has 100 valence electrons. The summed E-state index contributed by atoms with van der Waals surface area (Å²) in [6, 6.07) is 0. The number of hydrogen-bond donors (Lipinski definition) is 0. The Morgan fingerprint density at radius 3 is 1.65 bits per heavy atom. The summed E-state index contributed by atoms with van der Waals surface area (Å²) in [7, 11) is -3.50. The van der Waals surface area contributed by atoms with E-state index in [0.29, 0.717) is 0 Å². The Balaban J connectivity index is 4.59. The lowest BCUT2D eigenvalue weighted by Crippen LogP contribution is -2.17. The molecule has 0 aliphatic heterocycles. The minimum absolute atomic E-state index is 0.113. The van der Waals surface area contributed by atoms with Crippen LogP contribution in [0.3, 0.4) is 0 Å². The van der Waals surface area contributed by atoms with Crippen LogP contribution in [0.2, 0.25) is 0 Å². The van der Waals surface area contributed by atoms with E-state index in [2.05, 4.69) is 22.1 Å². The number of isothiocyanates is 1. The van der Waals surface area contributed by atoms with E-state index in [1.807, 2.05) is 41.5 Å². The van der Waals surface area contributed by atoms with Crippen molar-refractivity contribution in [3.05, 3.63) is 0 Å². The van der Waals surface area contributed by atoms with Crippen LogP contribution in [0.4, 0.5) is 0 Å². The Hall–Kier alpha value is -0.0500. The molecule has 0 rings (SSSR count). The van der Waals surface area contributed by atoms with Gasteiger partial charge in [-0.1, -0.05) is 41.5 Å². The van der Waals surface area contributed by atoms with Crippen molar-refractivity contribution in [2.24, 2.45) is 15.6 Å². The molecule has 0 aromatic rings. The minimum Gasteiger partial charge on any atom is -0.290 e. The summed E-state index contributed by atoms with van der Waals surface area (Å²) in [4.78, 5) is 0. The topological polar surface area (TPSA) is 47.9 Å². The maximum atomic E-state index is 12.2. The predicted octanol–water partition coefficient (Wildman–Crippen LogP) is 4.32. The molecule has 0 N–H and O–H groups in total. The van der Waals surface area contributed by atoms with Gasteiger partial charge in [0.2, 0.25) is 0 Å². The summed E-state index contributed by atoms with van der Waals surface area (Å²) in [6.07, 6.45) is 0. The van der Waals surface area contributed by atoms with Crippen molar-refractivity contribution in [3.63, 3.8) is 0 Å². The highest BCUT2D eigenvalue weighted by atomic mass is 32.1. The quantitative estimate of drug-likeness (QED) is 0.427. The van der Waals surface area contributed by atoms with Gasteiger partial charge in [-0.15, -0.1) is 4.76 Å². The monoisotopic (exact) mass is 279 g/mol. The lowest BCUT2D eigenvalue weighted by molar-refractivity contribution is 0.124. The molecule has 0 amide bonds. The molecule has 0 saturated heterocycles. The first-order valence-electron chi connectivity index (χ1n) is 5.46. The van der Waals surface area contributed by atoms with Gasteiger partial charge in [0.1, 0.15) is 0 Å². The molecule has 0 aromatic carbocycles. The summed E-state index contributed by atoms with van der Waals surface area (Å²) in [5.74, 6) is 0. The zero-order valence-electron chi connectivity index (χ0n) is 11.4. The highest BCUT2D eigenvalue weighted by molar-refractivity contribution is 7.78. The van der Waals surface area contributed by atoms with Gasteiger partial charge in [-0.2, -0.15) is 0 Å². The molecule has 17 heavy (non-hydrogen) atoms. The first-order valence-corrected chi connectivity index (χ1v) is 7.36. The van der Waals surface area contributed by atoms with Crippen LogP contribution in [-0.2, 0) is 13.6 Å². The highest BCUT2D eigenvalue weighted by Gasteiger charge is 2.28. The SMILES string of the molecule is CC(C)(C)COP(=O)(N=C=S)OCC(C)(C)C. The predicted molar refractivity (Wildman–Crippen MR) is 73.4 cm³/mol. The normalized spacial score (nSPS) is 13.3. The molecule has 0 fully saturated rings. The second-order valence-electron chi connectivity index (χ2n) is 6.33. The van der Waals surface area contributed by atoms with Gasteiger partial charge in [0.25, 0.3) is 0 Å². The molecule has 6 heteroatoms. The van der Waals surface area contributed by atoms with Gasteiger partial charge in [-0.25, -0.2) is 4.57 Å². The second-order valence-corrected chi connectivity index (χ2v) is 8.16. The second kappa shape index (κ2) is 6.21. The molecular formula is C11H22NO3PS. The van der Waals surface area contributed by atoms with Crippen molar-refractivity contribution in [2.75, 3.05) is 13.2 Å². The van der Waals surface area contributed by atoms with Gasteiger partial charge >= 0.3 is 7.75 Å². The molecule has 0 bridgehead atoms. The van der Waals surface area contributed by atoms with Gasteiger partial charge in [-0.05, 0) is 23.0 Å². The fourth-order valence-corrected chi connectivity index (χ4v) is 2.39. The Morgan fingerprint density at radius 1 is 1.06 bits per heavy atom. The van der Waals surface area contributed by atoms with Crippen molar-refractivity contribution < 1.29 is 13.6 Å². The maximum Gasteiger partial charge on any atom is 0.462 e. The van der Waals surface area contributed by atoms with E-state index in [1.165, 1.54) is 0 Å². The van der Waals surface area contributed by atoms with Crippen molar-refractivity contribution in [1.82, 2.24) is 0 Å². The van der Waals surface area contributed by atoms with Crippen LogP contribution in [-0.4, -0.2) is 18.4 Å². The minimum atomic E-state index is -3.50. The third-order valence-electron chi connectivity index (χ3n) is 1.48.